The summed E-state index contributed by atoms with van der Waals surface area (Å²) >= 11 is 3.30. The molecule has 0 aliphatic rings. The summed E-state index contributed by atoms with van der Waals surface area (Å²) in [5, 5.41) is 19.4. The average Bonchev–Trinajstić information content (AvgIpc) is 3.21. The molecule has 8 nitrogen and oxygen atoms in total. The van der Waals surface area contributed by atoms with Crippen LogP contribution in [-0.4, -0.2) is 32.4 Å². The Labute approximate surface area is 215 Å². The molecular formula is C26H34BrN5O3. The number of nitrogens with one attached hydrogen (secondary N) is 2. The molecule has 0 aliphatic heterocycles. The first kappa shape index (κ1) is 26.8. The van der Waals surface area contributed by atoms with E-state index in [2.05, 4.69) is 109 Å². The van der Waals surface area contributed by atoms with E-state index in [0.717, 1.165) is 12.1 Å². The highest BCUT2D eigenvalue weighted by atomic mass is 79.9. The van der Waals surface area contributed by atoms with Gasteiger partial charge in [0.15, 0.2) is 17.3 Å². The molecule has 0 radical (unpaired) electrons. The third-order valence-electron chi connectivity index (χ3n) is 5.48. The van der Waals surface area contributed by atoms with Gasteiger partial charge in [0, 0.05) is 24.2 Å². The van der Waals surface area contributed by atoms with E-state index in [1.165, 1.54) is 22.9 Å². The lowest BCUT2D eigenvalue weighted by atomic mass is 9.70. The third kappa shape index (κ3) is 6.27. The van der Waals surface area contributed by atoms with Gasteiger partial charge < -0.3 is 14.9 Å². The van der Waals surface area contributed by atoms with Gasteiger partial charge in [0.1, 0.15) is 10.3 Å². The van der Waals surface area contributed by atoms with Gasteiger partial charge in [-0.1, -0.05) is 72.7 Å². The highest BCUT2D eigenvalue weighted by Crippen LogP contribution is 2.43. The molecule has 2 heterocycles. The Bertz CT molecular complexity index is 1220. The first-order chi connectivity index (χ1) is 16.2. The summed E-state index contributed by atoms with van der Waals surface area (Å²) in [6, 6.07) is 6.41. The van der Waals surface area contributed by atoms with Crippen molar-refractivity contribution in [2.45, 2.75) is 78.8 Å². The van der Waals surface area contributed by atoms with Crippen LogP contribution in [0.5, 0.6) is 0 Å². The highest BCUT2D eigenvalue weighted by molar-refractivity contribution is 9.10. The van der Waals surface area contributed by atoms with E-state index >= 15 is 0 Å². The first-order valence-electron chi connectivity index (χ1n) is 11.6. The minimum absolute atomic E-state index is 0.0740. The van der Waals surface area contributed by atoms with E-state index in [1.54, 1.807) is 6.07 Å². The lowest BCUT2D eigenvalue weighted by Gasteiger charge is -2.34. The molecule has 0 atom stereocenters. The Balaban J connectivity index is 2.21. The molecule has 188 valence electrons. The summed E-state index contributed by atoms with van der Waals surface area (Å²) in [6.07, 6.45) is 0.182. The van der Waals surface area contributed by atoms with Crippen molar-refractivity contribution in [1.82, 2.24) is 20.4 Å². The molecule has 0 spiro atoms. The second-order valence-electron chi connectivity index (χ2n) is 11.0. The fourth-order valence-electron chi connectivity index (χ4n) is 4.20. The standard InChI is InChI=1S/C26H34BrN5O3/c1-14(2)28-12-15-9-10-16(21(26(6,7)8)20(15)25(3,4)5)17-11-18(35-32-17)22-23(31-24(33)34)29-13-19(27)30-22/h9-11,13-14,28H,12H2,1-8H3,(H,29,31)(H,33,34). The predicted molar refractivity (Wildman–Crippen MR) is 142 cm³/mol. The van der Waals surface area contributed by atoms with Crippen LogP contribution in [0.15, 0.2) is 33.5 Å². The number of carboxylic acid groups (broad SMARTS) is 1. The van der Waals surface area contributed by atoms with Gasteiger partial charge in [0.25, 0.3) is 0 Å². The normalized spacial score (nSPS) is 12.3. The van der Waals surface area contributed by atoms with Gasteiger partial charge in [-0.05, 0) is 43.5 Å². The molecular weight excluding hydrogens is 510 g/mol. The molecule has 0 saturated heterocycles. The third-order valence-corrected chi connectivity index (χ3v) is 5.86. The molecule has 1 amide bonds. The van der Waals surface area contributed by atoms with Crippen molar-refractivity contribution in [3.8, 4) is 22.7 Å². The smallest absolute Gasteiger partial charge is 0.410 e. The van der Waals surface area contributed by atoms with Crippen LogP contribution in [0.3, 0.4) is 0 Å². The minimum atomic E-state index is -1.24. The van der Waals surface area contributed by atoms with Crippen molar-refractivity contribution in [3.63, 3.8) is 0 Å². The maximum atomic E-state index is 11.2. The number of carbonyl (C=O) groups is 1. The lowest BCUT2D eigenvalue weighted by molar-refractivity contribution is 0.209. The molecule has 0 bridgehead atoms. The van der Waals surface area contributed by atoms with Crippen LogP contribution in [0.25, 0.3) is 22.7 Å². The number of amides is 1. The van der Waals surface area contributed by atoms with Crippen LogP contribution < -0.4 is 10.6 Å². The highest BCUT2D eigenvalue weighted by Gasteiger charge is 2.31. The van der Waals surface area contributed by atoms with Crippen LogP contribution in [0.2, 0.25) is 0 Å². The Hall–Kier alpha value is -2.78. The summed E-state index contributed by atoms with van der Waals surface area (Å²) in [5.41, 5.74) is 5.36. The van der Waals surface area contributed by atoms with Crippen LogP contribution >= 0.6 is 15.9 Å². The number of aromatic nitrogens is 3. The zero-order chi connectivity index (χ0) is 26.1. The molecule has 3 aromatic rings. The van der Waals surface area contributed by atoms with Crippen molar-refractivity contribution < 1.29 is 14.4 Å². The summed E-state index contributed by atoms with van der Waals surface area (Å²) in [6.45, 7) is 18.4. The Morgan fingerprint density at radius 1 is 1.11 bits per heavy atom. The van der Waals surface area contributed by atoms with E-state index in [0.29, 0.717) is 22.1 Å². The monoisotopic (exact) mass is 543 g/mol. The van der Waals surface area contributed by atoms with Gasteiger partial charge >= 0.3 is 6.09 Å². The zero-order valence-electron chi connectivity index (χ0n) is 21.6. The summed E-state index contributed by atoms with van der Waals surface area (Å²) in [5.74, 6) is 0.394. The fourth-order valence-corrected chi connectivity index (χ4v) is 4.48. The maximum absolute atomic E-state index is 11.2. The topological polar surface area (TPSA) is 113 Å². The largest absolute Gasteiger partial charge is 0.465 e. The number of nitrogens with zero attached hydrogens (tertiary/aromatic N) is 3. The summed E-state index contributed by atoms with van der Waals surface area (Å²) < 4.78 is 6.12. The first-order valence-corrected chi connectivity index (χ1v) is 12.4. The van der Waals surface area contributed by atoms with E-state index in [-0.39, 0.29) is 22.3 Å². The minimum Gasteiger partial charge on any atom is -0.465 e. The van der Waals surface area contributed by atoms with Gasteiger partial charge in [-0.15, -0.1) is 0 Å². The Morgan fingerprint density at radius 2 is 1.77 bits per heavy atom. The van der Waals surface area contributed by atoms with Crippen LogP contribution in [0.1, 0.15) is 72.1 Å². The van der Waals surface area contributed by atoms with Crippen molar-refractivity contribution in [2.75, 3.05) is 5.32 Å². The molecule has 1 aromatic carbocycles. The summed E-state index contributed by atoms with van der Waals surface area (Å²) in [4.78, 5) is 19.7. The molecule has 2 aromatic heterocycles. The van der Waals surface area contributed by atoms with E-state index < -0.39 is 6.09 Å². The molecule has 0 aliphatic carbocycles. The van der Waals surface area contributed by atoms with E-state index in [4.69, 9.17) is 4.52 Å². The molecule has 35 heavy (non-hydrogen) atoms. The van der Waals surface area contributed by atoms with Gasteiger partial charge in [-0.2, -0.15) is 0 Å². The van der Waals surface area contributed by atoms with E-state index in [1.807, 2.05) is 0 Å². The second-order valence-corrected chi connectivity index (χ2v) is 11.8. The van der Waals surface area contributed by atoms with Gasteiger partial charge in [-0.3, -0.25) is 5.32 Å². The predicted octanol–water partition coefficient (Wildman–Crippen LogP) is 6.74. The van der Waals surface area contributed by atoms with Crippen molar-refractivity contribution in [1.29, 1.82) is 0 Å². The van der Waals surface area contributed by atoms with Crippen LogP contribution in [0, 0.1) is 0 Å². The fraction of sp³-hybridized carbons (Fsp3) is 0.462. The van der Waals surface area contributed by atoms with Crippen molar-refractivity contribution >= 4 is 27.8 Å². The molecule has 3 rings (SSSR count). The molecule has 9 heteroatoms. The van der Waals surface area contributed by atoms with E-state index in [9.17, 15) is 9.90 Å². The second kappa shape index (κ2) is 10.1. The molecule has 0 fully saturated rings. The number of anilines is 1. The number of halogens is 1. The van der Waals surface area contributed by atoms with Crippen LogP contribution in [-0.2, 0) is 17.4 Å². The SMILES string of the molecule is CC(C)NCc1ccc(-c2cc(-c3nc(Br)cnc3NC(=O)O)on2)c(C(C)(C)C)c1C(C)(C)C. The Morgan fingerprint density at radius 3 is 2.34 bits per heavy atom. The molecule has 0 saturated carbocycles. The number of rotatable bonds is 6. The van der Waals surface area contributed by atoms with Crippen LogP contribution in [0.4, 0.5) is 10.6 Å². The average molecular weight is 544 g/mol. The van der Waals surface area contributed by atoms with Gasteiger partial charge in [-0.25, -0.2) is 14.8 Å². The van der Waals surface area contributed by atoms with Gasteiger partial charge in [0.2, 0.25) is 0 Å². The van der Waals surface area contributed by atoms with Gasteiger partial charge in [0.05, 0.1) is 6.20 Å². The Kier molecular flexibility index (Phi) is 7.71. The number of hydrogen-bond donors (Lipinski definition) is 3. The maximum Gasteiger partial charge on any atom is 0.410 e. The number of hydrogen-bond acceptors (Lipinski definition) is 6. The van der Waals surface area contributed by atoms with Crippen molar-refractivity contribution in [3.05, 3.63) is 45.7 Å². The lowest BCUT2D eigenvalue weighted by Crippen LogP contribution is -2.28. The molecule has 0 unspecified atom stereocenters. The summed E-state index contributed by atoms with van der Waals surface area (Å²) in [7, 11) is 0. The zero-order valence-corrected chi connectivity index (χ0v) is 23.2. The quantitative estimate of drug-likeness (QED) is 0.315. The number of benzene rings is 1. The molecule has 3 N–H and O–H groups in total. The van der Waals surface area contributed by atoms with Crippen molar-refractivity contribution in [2.24, 2.45) is 0 Å².